The largest absolute Gasteiger partial charge is 0.379 e. The van der Waals surface area contributed by atoms with Crippen LogP contribution in [-0.2, 0) is 28.4 Å². The summed E-state index contributed by atoms with van der Waals surface area (Å²) in [7, 11) is -0.870. The van der Waals surface area contributed by atoms with E-state index in [9.17, 15) is 4.21 Å². The summed E-state index contributed by atoms with van der Waals surface area (Å²) in [5, 5.41) is 0. The van der Waals surface area contributed by atoms with E-state index in [4.69, 9.17) is 4.74 Å². The second-order valence-corrected chi connectivity index (χ2v) is 6.68. The molecule has 0 N–H and O–H groups in total. The van der Waals surface area contributed by atoms with Crippen LogP contribution >= 0.6 is 0 Å². The minimum Gasteiger partial charge on any atom is -0.379 e. The topological polar surface area (TPSA) is 26.3 Å². The van der Waals surface area contributed by atoms with E-state index in [-0.39, 0.29) is 6.10 Å². The Balaban J connectivity index is 1.85. The fraction of sp³-hybridized carbons (Fsp3) is 0.600. The van der Waals surface area contributed by atoms with Gasteiger partial charge in [-0.25, -0.2) is 0 Å². The molecule has 0 unspecified atom stereocenters. The average Bonchev–Trinajstić information content (AvgIpc) is 2.81. The Morgan fingerprint density at radius 1 is 1.28 bits per heavy atom. The lowest BCUT2D eigenvalue weighted by Gasteiger charge is -2.08. The summed E-state index contributed by atoms with van der Waals surface area (Å²) in [6.07, 6.45) is 4.70. The molecule has 100 valence electrons. The highest BCUT2D eigenvalue weighted by atomic mass is 32.2. The van der Waals surface area contributed by atoms with Gasteiger partial charge in [-0.15, -0.1) is 0 Å². The van der Waals surface area contributed by atoms with Crippen LogP contribution in [0.5, 0.6) is 0 Å². The van der Waals surface area contributed by atoms with Gasteiger partial charge in [-0.3, -0.25) is 4.21 Å². The lowest BCUT2D eigenvalue weighted by Crippen LogP contribution is -2.07. The van der Waals surface area contributed by atoms with E-state index in [1.807, 2.05) is 19.9 Å². The van der Waals surface area contributed by atoms with Crippen molar-refractivity contribution in [2.24, 2.45) is 0 Å². The Morgan fingerprint density at radius 2 is 2.06 bits per heavy atom. The Bertz CT molecular complexity index is 427. The molecule has 0 spiro atoms. The van der Waals surface area contributed by atoms with Gasteiger partial charge in [0.25, 0.3) is 0 Å². The van der Waals surface area contributed by atoms with Gasteiger partial charge in [0, 0.05) is 17.3 Å². The van der Waals surface area contributed by atoms with Crippen LogP contribution in [0.2, 0.25) is 0 Å². The third kappa shape index (κ3) is 3.66. The highest BCUT2D eigenvalue weighted by molar-refractivity contribution is 7.85. The molecule has 1 aromatic carbocycles. The number of hydrogen-bond acceptors (Lipinski definition) is 2. The fourth-order valence-corrected chi connectivity index (χ4v) is 3.43. The molecule has 3 heteroatoms. The second kappa shape index (κ2) is 6.48. The van der Waals surface area contributed by atoms with Crippen LogP contribution in [0.15, 0.2) is 23.1 Å². The van der Waals surface area contributed by atoms with Crippen molar-refractivity contribution in [2.75, 3.05) is 12.4 Å². The Hall–Kier alpha value is -0.670. The van der Waals surface area contributed by atoms with E-state index in [0.29, 0.717) is 12.4 Å². The van der Waals surface area contributed by atoms with Crippen molar-refractivity contribution in [3.63, 3.8) is 0 Å². The molecule has 2 nitrogen and oxygen atoms in total. The molecule has 2 rings (SSSR count). The highest BCUT2D eigenvalue weighted by Gasteiger charge is 2.13. The maximum absolute atomic E-state index is 12.1. The molecular weight excluding hydrogens is 244 g/mol. The first-order valence-electron chi connectivity index (χ1n) is 6.78. The molecule has 0 heterocycles. The van der Waals surface area contributed by atoms with E-state index in [2.05, 4.69) is 12.1 Å². The monoisotopic (exact) mass is 266 g/mol. The number of benzene rings is 1. The molecule has 0 fully saturated rings. The maximum atomic E-state index is 12.1. The van der Waals surface area contributed by atoms with Crippen LogP contribution in [0.25, 0.3) is 0 Å². The van der Waals surface area contributed by atoms with Crippen molar-refractivity contribution in [1.82, 2.24) is 0 Å². The van der Waals surface area contributed by atoms with Gasteiger partial charge < -0.3 is 4.74 Å². The Morgan fingerprint density at radius 3 is 2.83 bits per heavy atom. The molecule has 0 aromatic heterocycles. The summed E-state index contributed by atoms with van der Waals surface area (Å²) in [6, 6.07) is 6.32. The van der Waals surface area contributed by atoms with Crippen molar-refractivity contribution in [3.8, 4) is 0 Å². The highest BCUT2D eigenvalue weighted by Crippen LogP contribution is 2.24. The number of fused-ring (bicyclic) bond motifs is 1. The van der Waals surface area contributed by atoms with Crippen LogP contribution in [-0.4, -0.2) is 22.7 Å². The molecule has 1 aliphatic rings. The van der Waals surface area contributed by atoms with Crippen LogP contribution in [0.3, 0.4) is 0 Å². The molecule has 1 aromatic rings. The lowest BCUT2D eigenvalue weighted by atomic mass is 10.1. The van der Waals surface area contributed by atoms with Gasteiger partial charge in [-0.2, -0.15) is 0 Å². The van der Waals surface area contributed by atoms with E-state index in [0.717, 1.165) is 17.7 Å². The van der Waals surface area contributed by atoms with Crippen LogP contribution in [0.1, 0.15) is 37.8 Å². The predicted molar refractivity (Wildman–Crippen MR) is 75.4 cm³/mol. The minimum absolute atomic E-state index is 0.262. The van der Waals surface area contributed by atoms with Crippen molar-refractivity contribution in [1.29, 1.82) is 0 Å². The van der Waals surface area contributed by atoms with E-state index >= 15 is 0 Å². The summed E-state index contributed by atoms with van der Waals surface area (Å²) in [6.45, 7) is 4.75. The van der Waals surface area contributed by atoms with Gasteiger partial charge in [-0.05, 0) is 62.8 Å². The van der Waals surface area contributed by atoms with Gasteiger partial charge in [0.1, 0.15) is 0 Å². The van der Waals surface area contributed by atoms with Crippen molar-refractivity contribution < 1.29 is 8.95 Å². The number of hydrogen-bond donors (Lipinski definition) is 0. The van der Waals surface area contributed by atoms with E-state index in [1.54, 1.807) is 0 Å². The first-order chi connectivity index (χ1) is 8.66. The second-order valence-electron chi connectivity index (χ2n) is 5.11. The summed E-state index contributed by atoms with van der Waals surface area (Å²) in [4.78, 5) is 0.986. The van der Waals surface area contributed by atoms with Gasteiger partial charge in [0.05, 0.1) is 16.9 Å². The molecule has 1 aliphatic carbocycles. The van der Waals surface area contributed by atoms with Crippen molar-refractivity contribution in [3.05, 3.63) is 29.3 Å². The van der Waals surface area contributed by atoms with Gasteiger partial charge in [0.15, 0.2) is 0 Å². The molecule has 0 saturated carbocycles. The van der Waals surface area contributed by atoms with Crippen LogP contribution in [0, 0.1) is 0 Å². The summed E-state index contributed by atoms with van der Waals surface area (Å²) < 4.78 is 17.6. The van der Waals surface area contributed by atoms with Crippen molar-refractivity contribution in [2.45, 2.75) is 50.5 Å². The van der Waals surface area contributed by atoms with E-state index in [1.165, 1.54) is 24.0 Å². The van der Waals surface area contributed by atoms with Gasteiger partial charge in [-0.1, -0.05) is 6.07 Å². The van der Waals surface area contributed by atoms with Crippen LogP contribution in [0.4, 0.5) is 0 Å². The normalized spacial score (nSPS) is 15.9. The predicted octanol–water partition coefficient (Wildman–Crippen LogP) is 3.10. The summed E-state index contributed by atoms with van der Waals surface area (Å²) in [5.41, 5.74) is 2.85. The number of ether oxygens (including phenoxy) is 1. The third-order valence-corrected chi connectivity index (χ3v) is 4.70. The fourth-order valence-electron chi connectivity index (χ4n) is 2.32. The first kappa shape index (κ1) is 13.8. The molecule has 0 bridgehead atoms. The molecule has 0 amide bonds. The lowest BCUT2D eigenvalue weighted by molar-refractivity contribution is 0.0798. The zero-order valence-corrected chi connectivity index (χ0v) is 12.1. The quantitative estimate of drug-likeness (QED) is 0.740. The zero-order valence-electron chi connectivity index (χ0n) is 11.3. The molecular formula is C15H22O2S. The molecule has 0 radical (unpaired) electrons. The Labute approximate surface area is 112 Å². The molecule has 0 saturated heterocycles. The summed E-state index contributed by atoms with van der Waals surface area (Å²) in [5.74, 6) is 0.700. The molecule has 18 heavy (non-hydrogen) atoms. The van der Waals surface area contributed by atoms with Gasteiger partial charge >= 0.3 is 0 Å². The standard InChI is InChI=1S/C15H22O2S/c1-12(2)17-9-4-10-18(16)15-8-7-13-5-3-6-14(13)11-15/h7-8,11-12H,3-6,9-10H2,1-2H3/t18-/m1/s1. The molecule has 1 atom stereocenters. The smallest absolute Gasteiger partial charge is 0.0530 e. The molecule has 0 aliphatic heterocycles. The summed E-state index contributed by atoms with van der Waals surface area (Å²) >= 11 is 0. The number of rotatable bonds is 6. The SMILES string of the molecule is CC(C)OCCC[S@@](=O)c1ccc2c(c1)CCC2. The third-order valence-electron chi connectivity index (χ3n) is 3.26. The maximum Gasteiger partial charge on any atom is 0.0530 e. The zero-order chi connectivity index (χ0) is 13.0. The van der Waals surface area contributed by atoms with Gasteiger partial charge in [0.2, 0.25) is 0 Å². The first-order valence-corrected chi connectivity index (χ1v) is 8.10. The Kier molecular flexibility index (Phi) is 4.95. The minimum atomic E-state index is -0.870. The van der Waals surface area contributed by atoms with Crippen LogP contribution < -0.4 is 0 Å². The number of aryl methyl sites for hydroxylation is 2. The van der Waals surface area contributed by atoms with Crippen molar-refractivity contribution >= 4 is 10.8 Å². The average molecular weight is 266 g/mol. The van der Waals surface area contributed by atoms with E-state index < -0.39 is 10.8 Å².